The van der Waals surface area contributed by atoms with Crippen LogP contribution in [0.15, 0.2) is 388 Å². The van der Waals surface area contributed by atoms with Crippen LogP contribution in [0.3, 0.4) is 0 Å². The van der Waals surface area contributed by atoms with Crippen molar-refractivity contribution in [1.82, 2.24) is 4.57 Å². The first-order valence-electron chi connectivity index (χ1n) is 37.8. The van der Waals surface area contributed by atoms with Crippen molar-refractivity contribution in [2.24, 2.45) is 0 Å². The van der Waals surface area contributed by atoms with Crippen LogP contribution < -0.4 is 26.2 Å². The van der Waals surface area contributed by atoms with Crippen LogP contribution in [-0.4, -0.2) is 11.3 Å². The molecule has 4 aliphatic carbocycles. The second-order valence-electron chi connectivity index (χ2n) is 30.1. The summed E-state index contributed by atoms with van der Waals surface area (Å²) in [6.07, 6.45) is 0. The molecule has 0 unspecified atom stereocenters. The van der Waals surface area contributed by atoms with Crippen molar-refractivity contribution in [3.05, 3.63) is 433 Å². The lowest BCUT2D eigenvalue weighted by Gasteiger charge is -2.45. The fraction of sp³-hybridized carbons (Fsp3) is 0.0192. The van der Waals surface area contributed by atoms with Gasteiger partial charge in [0.2, 0.25) is 0 Å². The smallest absolute Gasteiger partial charge is 0.252 e. The number of hydrogen-bond acceptors (Lipinski definition) is 2. The summed E-state index contributed by atoms with van der Waals surface area (Å²) in [6.45, 7) is -0.326. The Kier molecular flexibility index (Phi) is 12.3. The van der Waals surface area contributed by atoms with Crippen LogP contribution in [0.2, 0.25) is 0 Å². The molecule has 498 valence electrons. The van der Waals surface area contributed by atoms with Crippen molar-refractivity contribution in [3.63, 3.8) is 0 Å². The van der Waals surface area contributed by atoms with E-state index in [0.29, 0.717) is 0 Å². The first-order chi connectivity index (χ1) is 53.6. The monoisotopic (exact) mass is 1370 g/mol. The molecule has 2 aliphatic heterocycles. The Morgan fingerprint density at radius 2 is 0.472 bits per heavy atom. The Balaban J connectivity index is 0.902. The summed E-state index contributed by atoms with van der Waals surface area (Å²) in [5.41, 5.74) is 42.5. The Labute approximate surface area is 627 Å². The largest absolute Gasteiger partial charge is 0.311 e. The molecule has 0 saturated carbocycles. The van der Waals surface area contributed by atoms with Gasteiger partial charge in [-0.3, -0.25) is 0 Å². The standard InChI is InChI=1S/C104H64BN3/c1-5-29-65(30-6-1)69-53-70(66-31-7-2-8-32-66)56-73(55-69)107-98-61-84-80-41-17-25-49-90(80)103(86-45-21-13-37-76(86)77-38-14-22-46-87(77)103)92(84)63-94(98)105-95-64-93-85(81-42-18-26-50-91(81)104(93)88-47-23-15-39-78(88)79-40-16-24-48-89(79)104)62-99(95)108(74-57-71(67-33-9-3-10-34-67)54-72(58-74)68-35-11-4-12-36-68)101-60-75(59-100(107)102(101)105)106-96-51-27-19-43-82(96)83-44-20-28-52-97(83)106/h1-64H. The van der Waals surface area contributed by atoms with Gasteiger partial charge in [0.05, 0.1) is 27.6 Å². The maximum Gasteiger partial charge on any atom is 0.252 e. The van der Waals surface area contributed by atoms with Gasteiger partial charge >= 0.3 is 0 Å². The van der Waals surface area contributed by atoms with Gasteiger partial charge in [0.25, 0.3) is 6.71 Å². The van der Waals surface area contributed by atoms with Gasteiger partial charge in [-0.15, -0.1) is 0 Å². The number of aromatic nitrogens is 1. The van der Waals surface area contributed by atoms with Gasteiger partial charge in [-0.2, -0.15) is 0 Å². The third-order valence-electron chi connectivity index (χ3n) is 24.9. The summed E-state index contributed by atoms with van der Waals surface area (Å²) < 4.78 is 2.55. The van der Waals surface area contributed by atoms with Gasteiger partial charge in [0, 0.05) is 44.9 Å². The Hall–Kier alpha value is -13.8. The van der Waals surface area contributed by atoms with Crippen molar-refractivity contribution >= 4 is 79.0 Å². The van der Waals surface area contributed by atoms with E-state index >= 15 is 0 Å². The van der Waals surface area contributed by atoms with Gasteiger partial charge in [0.1, 0.15) is 0 Å². The molecule has 0 N–H and O–H groups in total. The molecule has 2 spiro atoms. The van der Waals surface area contributed by atoms with E-state index in [9.17, 15) is 0 Å². The molecule has 0 amide bonds. The molecular formula is C104H64BN3. The van der Waals surface area contributed by atoms with E-state index in [-0.39, 0.29) is 6.71 Å². The molecule has 1 aromatic heterocycles. The quantitative estimate of drug-likeness (QED) is 0.147. The first kappa shape index (κ1) is 59.6. The highest BCUT2D eigenvalue weighted by molar-refractivity contribution is 7.00. The Bertz CT molecular complexity index is 6280. The van der Waals surface area contributed by atoms with Crippen molar-refractivity contribution in [2.45, 2.75) is 10.8 Å². The number of fused-ring (bicyclic) bond motifs is 27. The predicted octanol–water partition coefficient (Wildman–Crippen LogP) is 24.2. The number of hydrogen-bond donors (Lipinski definition) is 0. The molecule has 18 aromatic rings. The number of nitrogens with zero attached hydrogens (tertiary/aromatic N) is 3. The molecule has 4 heteroatoms. The molecule has 0 saturated heterocycles. The summed E-state index contributed by atoms with van der Waals surface area (Å²) in [4.78, 5) is 5.41. The van der Waals surface area contributed by atoms with Gasteiger partial charge in [0.15, 0.2) is 0 Å². The predicted molar refractivity (Wildman–Crippen MR) is 449 cm³/mol. The number of para-hydroxylation sites is 2. The minimum absolute atomic E-state index is 0.326. The fourth-order valence-corrected chi connectivity index (χ4v) is 20.7. The van der Waals surface area contributed by atoms with Crippen LogP contribution in [-0.2, 0) is 10.8 Å². The second-order valence-corrected chi connectivity index (χ2v) is 30.1. The van der Waals surface area contributed by atoms with Gasteiger partial charge in [-0.25, -0.2) is 0 Å². The molecule has 0 bridgehead atoms. The zero-order valence-electron chi connectivity index (χ0n) is 58.9. The SMILES string of the molecule is c1ccc(-c2cc(-c3ccccc3)cc(N3c4cc5c(cc4B4c6cc7c(cc6N(c6cc(-c8ccccc8)cc(-c8ccccc8)c6)c6cc(-n8c9ccccc9c9ccccc98)cc3c64)-c3ccccc3C73c4ccccc4-c4ccccc43)C3(c4ccccc4-c4ccccc43)c3ccccc3-5)c2)cc1. The van der Waals surface area contributed by atoms with E-state index in [1.165, 1.54) is 116 Å². The minimum Gasteiger partial charge on any atom is -0.311 e. The molecule has 17 aromatic carbocycles. The molecule has 3 heterocycles. The zero-order valence-corrected chi connectivity index (χ0v) is 58.9. The van der Waals surface area contributed by atoms with Crippen molar-refractivity contribution in [3.8, 4) is 94.7 Å². The topological polar surface area (TPSA) is 11.4 Å². The van der Waals surface area contributed by atoms with E-state index in [1.54, 1.807) is 0 Å². The summed E-state index contributed by atoms with van der Waals surface area (Å²) in [6, 6.07) is 149. The maximum atomic E-state index is 2.73. The normalized spacial score (nSPS) is 14.0. The third kappa shape index (κ3) is 7.97. The molecule has 108 heavy (non-hydrogen) atoms. The van der Waals surface area contributed by atoms with Crippen LogP contribution in [0.5, 0.6) is 0 Å². The lowest BCUT2D eigenvalue weighted by atomic mass is 9.33. The Morgan fingerprint density at radius 1 is 0.194 bits per heavy atom. The van der Waals surface area contributed by atoms with Crippen LogP contribution in [0.4, 0.5) is 34.1 Å². The average Bonchev–Trinajstić information content (AvgIpc) is 1.46. The second kappa shape index (κ2) is 22.4. The molecule has 24 rings (SSSR count). The highest BCUT2D eigenvalue weighted by Gasteiger charge is 2.56. The first-order valence-corrected chi connectivity index (χ1v) is 37.8. The maximum absolute atomic E-state index is 2.73. The number of benzene rings is 17. The summed E-state index contributed by atoms with van der Waals surface area (Å²) >= 11 is 0. The number of rotatable bonds is 7. The lowest BCUT2D eigenvalue weighted by molar-refractivity contribution is 0.794. The van der Waals surface area contributed by atoms with E-state index in [2.05, 4.69) is 403 Å². The van der Waals surface area contributed by atoms with E-state index in [4.69, 9.17) is 0 Å². The van der Waals surface area contributed by atoms with Crippen LogP contribution in [0.1, 0.15) is 44.5 Å². The lowest BCUT2D eigenvalue weighted by Crippen LogP contribution is -2.62. The number of anilines is 6. The van der Waals surface area contributed by atoms with Crippen molar-refractivity contribution in [2.75, 3.05) is 9.80 Å². The summed E-state index contributed by atoms with van der Waals surface area (Å²) in [5, 5.41) is 2.42. The van der Waals surface area contributed by atoms with Crippen LogP contribution in [0.25, 0.3) is 117 Å². The minimum atomic E-state index is -0.633. The van der Waals surface area contributed by atoms with E-state index < -0.39 is 10.8 Å². The van der Waals surface area contributed by atoms with Gasteiger partial charge < -0.3 is 14.4 Å². The highest BCUT2D eigenvalue weighted by atomic mass is 15.2. The highest BCUT2D eigenvalue weighted by Crippen LogP contribution is 2.66. The molecule has 3 nitrogen and oxygen atoms in total. The van der Waals surface area contributed by atoms with Gasteiger partial charge in [-0.05, 0) is 223 Å². The average molecular weight is 1370 g/mol. The van der Waals surface area contributed by atoms with Crippen molar-refractivity contribution < 1.29 is 0 Å². The van der Waals surface area contributed by atoms with Crippen molar-refractivity contribution in [1.29, 1.82) is 0 Å². The van der Waals surface area contributed by atoms with Crippen LogP contribution >= 0.6 is 0 Å². The Morgan fingerprint density at radius 3 is 0.796 bits per heavy atom. The van der Waals surface area contributed by atoms with E-state index in [1.807, 2.05) is 0 Å². The van der Waals surface area contributed by atoms with Gasteiger partial charge in [-0.1, -0.05) is 315 Å². The molecule has 0 radical (unpaired) electrons. The molecule has 0 atom stereocenters. The zero-order chi connectivity index (χ0) is 70.5. The third-order valence-corrected chi connectivity index (χ3v) is 24.9. The van der Waals surface area contributed by atoms with Crippen LogP contribution in [0, 0.1) is 0 Å². The van der Waals surface area contributed by atoms with E-state index in [0.717, 1.165) is 95.4 Å². The fourth-order valence-electron chi connectivity index (χ4n) is 20.7. The molecule has 6 aliphatic rings. The summed E-state index contributed by atoms with van der Waals surface area (Å²) in [5.74, 6) is 0. The molecular weight excluding hydrogens is 1300 g/mol. The summed E-state index contributed by atoms with van der Waals surface area (Å²) in [7, 11) is 0. The molecule has 0 fully saturated rings.